The van der Waals surface area contributed by atoms with Crippen molar-refractivity contribution in [1.29, 1.82) is 0 Å². The molecule has 0 aliphatic heterocycles. The third-order valence-electron chi connectivity index (χ3n) is 2.03. The van der Waals surface area contributed by atoms with Crippen molar-refractivity contribution in [3.8, 4) is 0 Å². The third kappa shape index (κ3) is 3.65. The molecule has 0 spiro atoms. The van der Waals surface area contributed by atoms with Gasteiger partial charge in [-0.1, -0.05) is 0 Å². The molecule has 1 aromatic rings. The molecular formula is C10H19N3S. The van der Waals surface area contributed by atoms with E-state index in [1.807, 2.05) is 11.4 Å². The van der Waals surface area contributed by atoms with E-state index in [4.69, 9.17) is 5.73 Å². The summed E-state index contributed by atoms with van der Waals surface area (Å²) in [5.41, 5.74) is 6.69. The predicted octanol–water partition coefficient (Wildman–Crippen LogP) is 1.37. The number of nitrogens with two attached hydrogens (primary N) is 1. The van der Waals surface area contributed by atoms with Crippen LogP contribution in [-0.4, -0.2) is 31.6 Å². The van der Waals surface area contributed by atoms with Crippen LogP contribution >= 0.6 is 11.3 Å². The fourth-order valence-corrected chi connectivity index (χ4v) is 2.12. The Morgan fingerprint density at radius 1 is 1.57 bits per heavy atom. The first-order valence-electron chi connectivity index (χ1n) is 4.79. The molecule has 0 fully saturated rings. The van der Waals surface area contributed by atoms with Gasteiger partial charge >= 0.3 is 0 Å². The maximum atomic E-state index is 5.79. The van der Waals surface area contributed by atoms with Gasteiger partial charge in [0.05, 0.1) is 0 Å². The Labute approximate surface area is 89.9 Å². The van der Waals surface area contributed by atoms with Crippen LogP contribution in [0.1, 0.15) is 11.8 Å². The number of likely N-dealkylation sites (N-methyl/N-ethyl adjacent to an activating group) is 1. The lowest BCUT2D eigenvalue weighted by atomic mass is 10.3. The molecule has 0 aliphatic carbocycles. The SMILES string of the molecule is CC(CN(C)C)NCc1sccc1N. The highest BCUT2D eigenvalue weighted by Crippen LogP contribution is 2.18. The summed E-state index contributed by atoms with van der Waals surface area (Å²) in [7, 11) is 4.16. The minimum absolute atomic E-state index is 0.492. The maximum Gasteiger partial charge on any atom is 0.0468 e. The highest BCUT2D eigenvalue weighted by atomic mass is 32.1. The number of rotatable bonds is 5. The van der Waals surface area contributed by atoms with Crippen molar-refractivity contribution in [2.75, 3.05) is 26.4 Å². The number of nitrogen functional groups attached to an aromatic ring is 1. The molecule has 0 amide bonds. The van der Waals surface area contributed by atoms with E-state index in [2.05, 4.69) is 31.2 Å². The lowest BCUT2D eigenvalue weighted by molar-refractivity contribution is 0.350. The van der Waals surface area contributed by atoms with E-state index in [1.54, 1.807) is 11.3 Å². The summed E-state index contributed by atoms with van der Waals surface area (Å²) in [5.74, 6) is 0. The minimum Gasteiger partial charge on any atom is -0.398 e. The maximum absolute atomic E-state index is 5.79. The molecule has 0 aromatic carbocycles. The quantitative estimate of drug-likeness (QED) is 0.776. The van der Waals surface area contributed by atoms with Gasteiger partial charge in [-0.2, -0.15) is 0 Å². The Morgan fingerprint density at radius 3 is 2.79 bits per heavy atom. The van der Waals surface area contributed by atoms with Crippen LogP contribution in [0.2, 0.25) is 0 Å². The van der Waals surface area contributed by atoms with Gasteiger partial charge in [0.1, 0.15) is 0 Å². The summed E-state index contributed by atoms with van der Waals surface area (Å²) in [5, 5.41) is 5.48. The second-order valence-corrected chi connectivity index (χ2v) is 4.84. The Bertz CT molecular complexity index is 270. The molecule has 0 bridgehead atoms. The van der Waals surface area contributed by atoms with Crippen molar-refractivity contribution in [1.82, 2.24) is 10.2 Å². The Hall–Kier alpha value is -0.580. The molecule has 3 nitrogen and oxygen atoms in total. The fourth-order valence-electron chi connectivity index (χ4n) is 1.37. The summed E-state index contributed by atoms with van der Waals surface area (Å²) >= 11 is 1.71. The highest BCUT2D eigenvalue weighted by Gasteiger charge is 2.05. The molecule has 1 unspecified atom stereocenters. The second kappa shape index (κ2) is 5.34. The monoisotopic (exact) mass is 213 g/mol. The third-order valence-corrected chi connectivity index (χ3v) is 2.97. The molecule has 3 N–H and O–H groups in total. The number of hydrogen-bond donors (Lipinski definition) is 2. The highest BCUT2D eigenvalue weighted by molar-refractivity contribution is 7.10. The smallest absolute Gasteiger partial charge is 0.0468 e. The molecule has 0 aliphatic rings. The van der Waals surface area contributed by atoms with Crippen LogP contribution in [0.4, 0.5) is 5.69 Å². The van der Waals surface area contributed by atoms with Crippen molar-refractivity contribution >= 4 is 17.0 Å². The standard InChI is InChI=1S/C10H19N3S/c1-8(7-13(2)3)12-6-10-9(11)4-5-14-10/h4-5,8,12H,6-7,11H2,1-3H3. The van der Waals surface area contributed by atoms with E-state index in [9.17, 15) is 0 Å². The molecular weight excluding hydrogens is 194 g/mol. The van der Waals surface area contributed by atoms with E-state index in [0.29, 0.717) is 6.04 Å². The fraction of sp³-hybridized carbons (Fsp3) is 0.600. The van der Waals surface area contributed by atoms with Gasteiger partial charge in [0, 0.05) is 29.7 Å². The molecule has 1 heterocycles. The number of nitrogens with zero attached hydrogens (tertiary/aromatic N) is 1. The summed E-state index contributed by atoms with van der Waals surface area (Å²) in [6.07, 6.45) is 0. The Kier molecular flexibility index (Phi) is 4.38. The molecule has 80 valence electrons. The molecule has 1 aromatic heterocycles. The van der Waals surface area contributed by atoms with Crippen LogP contribution in [0, 0.1) is 0 Å². The molecule has 0 saturated heterocycles. The van der Waals surface area contributed by atoms with Crippen molar-refractivity contribution in [2.45, 2.75) is 19.5 Å². The first-order chi connectivity index (χ1) is 6.59. The molecule has 4 heteroatoms. The van der Waals surface area contributed by atoms with E-state index in [1.165, 1.54) is 4.88 Å². The van der Waals surface area contributed by atoms with Crippen LogP contribution in [0.3, 0.4) is 0 Å². The van der Waals surface area contributed by atoms with Crippen molar-refractivity contribution < 1.29 is 0 Å². The van der Waals surface area contributed by atoms with Gasteiger partial charge in [-0.3, -0.25) is 0 Å². The Morgan fingerprint density at radius 2 is 2.29 bits per heavy atom. The average Bonchev–Trinajstić information content (AvgIpc) is 2.46. The van der Waals surface area contributed by atoms with Gasteiger partial charge in [0.2, 0.25) is 0 Å². The van der Waals surface area contributed by atoms with E-state index in [0.717, 1.165) is 18.8 Å². The number of nitrogens with one attached hydrogen (secondary N) is 1. The van der Waals surface area contributed by atoms with Crippen molar-refractivity contribution in [2.24, 2.45) is 0 Å². The molecule has 1 rings (SSSR count). The normalized spacial score (nSPS) is 13.4. The van der Waals surface area contributed by atoms with Gasteiger partial charge < -0.3 is 16.0 Å². The second-order valence-electron chi connectivity index (χ2n) is 3.84. The van der Waals surface area contributed by atoms with Crippen molar-refractivity contribution in [3.63, 3.8) is 0 Å². The van der Waals surface area contributed by atoms with E-state index < -0.39 is 0 Å². The minimum atomic E-state index is 0.492. The van der Waals surface area contributed by atoms with Gasteiger partial charge in [0.15, 0.2) is 0 Å². The zero-order valence-corrected chi connectivity index (χ0v) is 9.90. The molecule has 1 atom stereocenters. The molecule has 14 heavy (non-hydrogen) atoms. The average molecular weight is 213 g/mol. The Balaban J connectivity index is 2.30. The predicted molar refractivity (Wildman–Crippen MR) is 63.6 cm³/mol. The number of thiophene rings is 1. The molecule has 0 radical (unpaired) electrons. The molecule has 0 saturated carbocycles. The van der Waals surface area contributed by atoms with Gasteiger partial charge in [-0.25, -0.2) is 0 Å². The van der Waals surface area contributed by atoms with Crippen LogP contribution in [-0.2, 0) is 6.54 Å². The number of hydrogen-bond acceptors (Lipinski definition) is 4. The van der Waals surface area contributed by atoms with E-state index >= 15 is 0 Å². The van der Waals surface area contributed by atoms with Crippen LogP contribution < -0.4 is 11.1 Å². The summed E-state index contributed by atoms with van der Waals surface area (Å²) in [6.45, 7) is 4.10. The van der Waals surface area contributed by atoms with Gasteiger partial charge in [0.25, 0.3) is 0 Å². The summed E-state index contributed by atoms with van der Waals surface area (Å²) < 4.78 is 0. The lowest BCUT2D eigenvalue weighted by Gasteiger charge is -2.17. The first kappa shape index (κ1) is 11.5. The van der Waals surface area contributed by atoms with Crippen LogP contribution in [0.25, 0.3) is 0 Å². The summed E-state index contributed by atoms with van der Waals surface area (Å²) in [6, 6.07) is 2.45. The largest absolute Gasteiger partial charge is 0.398 e. The first-order valence-corrected chi connectivity index (χ1v) is 5.67. The van der Waals surface area contributed by atoms with Crippen LogP contribution in [0.5, 0.6) is 0 Å². The van der Waals surface area contributed by atoms with Crippen molar-refractivity contribution in [3.05, 3.63) is 16.3 Å². The van der Waals surface area contributed by atoms with Gasteiger partial charge in [-0.05, 0) is 32.5 Å². The zero-order valence-electron chi connectivity index (χ0n) is 9.08. The lowest BCUT2D eigenvalue weighted by Crippen LogP contribution is -2.35. The van der Waals surface area contributed by atoms with Gasteiger partial charge in [-0.15, -0.1) is 11.3 Å². The van der Waals surface area contributed by atoms with E-state index in [-0.39, 0.29) is 0 Å². The topological polar surface area (TPSA) is 41.3 Å². The zero-order chi connectivity index (χ0) is 10.6. The van der Waals surface area contributed by atoms with Crippen LogP contribution in [0.15, 0.2) is 11.4 Å². The summed E-state index contributed by atoms with van der Waals surface area (Å²) in [4.78, 5) is 3.41. The number of anilines is 1.